The summed E-state index contributed by atoms with van der Waals surface area (Å²) in [4.78, 5) is 24.4. The van der Waals surface area contributed by atoms with E-state index in [2.05, 4.69) is 25.3 Å². The Bertz CT molecular complexity index is 856. The first-order chi connectivity index (χ1) is 11.2. The molecule has 1 atom stereocenters. The highest BCUT2D eigenvalue weighted by Gasteiger charge is 2.33. The van der Waals surface area contributed by atoms with Gasteiger partial charge in [0.15, 0.2) is 0 Å². The van der Waals surface area contributed by atoms with Crippen molar-refractivity contribution in [3.63, 3.8) is 0 Å². The predicted molar refractivity (Wildman–Crippen MR) is 89.6 cm³/mol. The number of fused-ring (bicyclic) bond motifs is 1. The van der Waals surface area contributed by atoms with Gasteiger partial charge in [0, 0.05) is 19.8 Å². The van der Waals surface area contributed by atoms with Crippen molar-refractivity contribution in [2.45, 2.75) is 18.9 Å². The molecule has 1 fully saturated rings. The molecule has 0 spiro atoms. The van der Waals surface area contributed by atoms with E-state index in [1.165, 1.54) is 0 Å². The monoisotopic (exact) mass is 328 g/mol. The molecule has 23 heavy (non-hydrogen) atoms. The fraction of sp³-hybridized carbons (Fsp3) is 0.333. The molecular formula is C15H16N6OS. The van der Waals surface area contributed by atoms with E-state index < -0.39 is 0 Å². The summed E-state index contributed by atoms with van der Waals surface area (Å²) in [7, 11) is 1.83. The molecule has 0 unspecified atom stereocenters. The third-order valence-electron chi connectivity index (χ3n) is 4.04. The van der Waals surface area contributed by atoms with Gasteiger partial charge in [0.25, 0.3) is 0 Å². The first kappa shape index (κ1) is 14.1. The molecule has 4 rings (SSSR count). The zero-order chi connectivity index (χ0) is 15.8. The van der Waals surface area contributed by atoms with Crippen molar-refractivity contribution in [2.75, 3.05) is 16.8 Å². The summed E-state index contributed by atoms with van der Waals surface area (Å²) in [6, 6.07) is 1.80. The number of anilines is 2. The molecule has 1 amide bonds. The highest BCUT2D eigenvalue weighted by atomic mass is 32.1. The Morgan fingerprint density at radius 3 is 3.17 bits per heavy atom. The summed E-state index contributed by atoms with van der Waals surface area (Å²) in [6.07, 6.45) is 6.81. The zero-order valence-corrected chi connectivity index (χ0v) is 13.5. The standard InChI is InChI=1S/C15H16N6OS/c1-20-8-10(7-18-20)19-14(22)12-3-2-5-21(12)13-11-4-6-23-15(11)17-9-16-13/h4,6-9,12H,2-3,5H2,1H3,(H,19,22)/t12-/m1/s1. The van der Waals surface area contributed by atoms with Crippen LogP contribution in [0.2, 0.25) is 0 Å². The van der Waals surface area contributed by atoms with E-state index in [1.54, 1.807) is 34.7 Å². The maximum absolute atomic E-state index is 12.7. The van der Waals surface area contributed by atoms with Crippen molar-refractivity contribution in [3.05, 3.63) is 30.2 Å². The van der Waals surface area contributed by atoms with E-state index in [9.17, 15) is 4.79 Å². The topological polar surface area (TPSA) is 75.9 Å². The lowest BCUT2D eigenvalue weighted by Crippen LogP contribution is -2.40. The maximum atomic E-state index is 12.7. The molecule has 0 bridgehead atoms. The molecule has 0 aromatic carbocycles. The van der Waals surface area contributed by atoms with E-state index in [1.807, 2.05) is 18.5 Å². The van der Waals surface area contributed by atoms with Crippen LogP contribution in [0.15, 0.2) is 30.2 Å². The molecular weight excluding hydrogens is 312 g/mol. The lowest BCUT2D eigenvalue weighted by Gasteiger charge is -2.25. The average Bonchev–Trinajstić information content (AvgIpc) is 3.26. The van der Waals surface area contributed by atoms with Crippen molar-refractivity contribution < 1.29 is 4.79 Å². The first-order valence-electron chi connectivity index (χ1n) is 7.47. The van der Waals surface area contributed by atoms with Gasteiger partial charge in [-0.1, -0.05) is 0 Å². The Labute approximate surface area is 137 Å². The first-order valence-corrected chi connectivity index (χ1v) is 8.35. The lowest BCUT2D eigenvalue weighted by molar-refractivity contribution is -0.117. The number of amides is 1. The predicted octanol–water partition coefficient (Wildman–Crippen LogP) is 2.03. The summed E-state index contributed by atoms with van der Waals surface area (Å²) in [5.41, 5.74) is 0.715. The molecule has 3 aromatic rings. The molecule has 4 heterocycles. The third-order valence-corrected chi connectivity index (χ3v) is 4.86. The van der Waals surface area contributed by atoms with Crippen LogP contribution in [0.25, 0.3) is 10.2 Å². The van der Waals surface area contributed by atoms with Crippen LogP contribution < -0.4 is 10.2 Å². The second-order valence-corrected chi connectivity index (χ2v) is 6.47. The Morgan fingerprint density at radius 1 is 1.43 bits per heavy atom. The number of rotatable bonds is 3. The van der Waals surface area contributed by atoms with Gasteiger partial charge < -0.3 is 10.2 Å². The van der Waals surface area contributed by atoms with E-state index in [-0.39, 0.29) is 11.9 Å². The van der Waals surface area contributed by atoms with Crippen molar-refractivity contribution in [1.82, 2.24) is 19.7 Å². The minimum atomic E-state index is -0.215. The summed E-state index contributed by atoms with van der Waals surface area (Å²) in [5, 5.41) is 10.0. The van der Waals surface area contributed by atoms with Gasteiger partial charge in [-0.25, -0.2) is 9.97 Å². The van der Waals surface area contributed by atoms with Crippen molar-refractivity contribution in [1.29, 1.82) is 0 Å². The molecule has 118 valence electrons. The fourth-order valence-electron chi connectivity index (χ4n) is 3.01. The van der Waals surface area contributed by atoms with Crippen molar-refractivity contribution >= 4 is 39.0 Å². The molecule has 1 saturated heterocycles. The number of hydrogen-bond donors (Lipinski definition) is 1. The summed E-state index contributed by atoms with van der Waals surface area (Å²) in [5.74, 6) is 0.831. The molecule has 3 aromatic heterocycles. The van der Waals surface area contributed by atoms with E-state index in [0.29, 0.717) is 5.69 Å². The SMILES string of the molecule is Cn1cc(NC(=O)[C@H]2CCCN2c2ncnc3sccc23)cn1. The summed E-state index contributed by atoms with van der Waals surface area (Å²) < 4.78 is 1.67. The number of carbonyl (C=O) groups excluding carboxylic acids is 1. The highest BCUT2D eigenvalue weighted by Crippen LogP contribution is 2.32. The molecule has 1 aliphatic rings. The maximum Gasteiger partial charge on any atom is 0.247 e. The molecule has 7 nitrogen and oxygen atoms in total. The molecule has 1 aliphatic heterocycles. The molecule has 1 N–H and O–H groups in total. The number of aromatic nitrogens is 4. The van der Waals surface area contributed by atoms with Gasteiger partial charge in [-0.2, -0.15) is 5.10 Å². The largest absolute Gasteiger partial charge is 0.344 e. The molecule has 8 heteroatoms. The van der Waals surface area contributed by atoms with Gasteiger partial charge in [-0.15, -0.1) is 11.3 Å². The van der Waals surface area contributed by atoms with Gasteiger partial charge in [-0.05, 0) is 24.3 Å². The van der Waals surface area contributed by atoms with Gasteiger partial charge in [-0.3, -0.25) is 9.48 Å². The number of nitrogens with one attached hydrogen (secondary N) is 1. The second kappa shape index (κ2) is 5.62. The van der Waals surface area contributed by atoms with Crippen LogP contribution in [0.5, 0.6) is 0 Å². The van der Waals surface area contributed by atoms with Crippen molar-refractivity contribution in [3.8, 4) is 0 Å². The second-order valence-electron chi connectivity index (χ2n) is 5.58. The van der Waals surface area contributed by atoms with Crippen LogP contribution in [-0.2, 0) is 11.8 Å². The Kier molecular flexibility index (Phi) is 3.45. The Hall–Kier alpha value is -2.48. The number of carbonyl (C=O) groups is 1. The van der Waals surface area contributed by atoms with Crippen molar-refractivity contribution in [2.24, 2.45) is 7.05 Å². The normalized spacial score (nSPS) is 17.8. The van der Waals surface area contributed by atoms with E-state index in [0.717, 1.165) is 35.4 Å². The Balaban J connectivity index is 1.61. The van der Waals surface area contributed by atoms with Gasteiger partial charge in [0.05, 0.1) is 17.3 Å². The van der Waals surface area contributed by atoms with Crippen LogP contribution in [0, 0.1) is 0 Å². The molecule has 0 saturated carbocycles. The number of hydrogen-bond acceptors (Lipinski definition) is 6. The highest BCUT2D eigenvalue weighted by molar-refractivity contribution is 7.16. The number of thiophene rings is 1. The average molecular weight is 328 g/mol. The molecule has 0 aliphatic carbocycles. The smallest absolute Gasteiger partial charge is 0.247 e. The van der Waals surface area contributed by atoms with Crippen LogP contribution in [-0.4, -0.2) is 38.2 Å². The van der Waals surface area contributed by atoms with E-state index >= 15 is 0 Å². The van der Waals surface area contributed by atoms with E-state index in [4.69, 9.17) is 0 Å². The number of aryl methyl sites for hydroxylation is 1. The minimum absolute atomic E-state index is 0.0162. The number of nitrogens with zero attached hydrogens (tertiary/aromatic N) is 5. The minimum Gasteiger partial charge on any atom is -0.344 e. The third kappa shape index (κ3) is 2.55. The zero-order valence-electron chi connectivity index (χ0n) is 12.6. The van der Waals surface area contributed by atoms with Crippen LogP contribution in [0.1, 0.15) is 12.8 Å². The fourth-order valence-corrected chi connectivity index (χ4v) is 3.74. The van der Waals surface area contributed by atoms with Crippen LogP contribution in [0.4, 0.5) is 11.5 Å². The Morgan fingerprint density at radius 2 is 2.35 bits per heavy atom. The van der Waals surface area contributed by atoms with Crippen LogP contribution in [0.3, 0.4) is 0 Å². The summed E-state index contributed by atoms with van der Waals surface area (Å²) >= 11 is 1.59. The quantitative estimate of drug-likeness (QED) is 0.796. The van der Waals surface area contributed by atoms with Gasteiger partial charge in [0.2, 0.25) is 5.91 Å². The lowest BCUT2D eigenvalue weighted by atomic mass is 10.2. The summed E-state index contributed by atoms with van der Waals surface area (Å²) in [6.45, 7) is 0.826. The van der Waals surface area contributed by atoms with Gasteiger partial charge >= 0.3 is 0 Å². The van der Waals surface area contributed by atoms with Crippen LogP contribution >= 0.6 is 11.3 Å². The molecule has 0 radical (unpaired) electrons. The van der Waals surface area contributed by atoms with Gasteiger partial charge in [0.1, 0.15) is 23.0 Å².